The first-order chi connectivity index (χ1) is 13.9. The van der Waals surface area contributed by atoms with E-state index < -0.39 is 16.7 Å². The van der Waals surface area contributed by atoms with Crippen molar-refractivity contribution in [3.8, 4) is 6.07 Å². The smallest absolute Gasteiger partial charge is 0.324 e. The number of hydrogen-bond donors (Lipinski definition) is 1. The van der Waals surface area contributed by atoms with E-state index >= 15 is 0 Å². The summed E-state index contributed by atoms with van der Waals surface area (Å²) in [4.78, 5) is 25.6. The number of carbonyl (C=O) groups excluding carboxylic acids is 1. The molecule has 1 atom stereocenters. The van der Waals surface area contributed by atoms with Crippen LogP contribution in [0.4, 0.5) is 15.1 Å². The first-order valence-electron chi connectivity index (χ1n) is 8.88. The summed E-state index contributed by atoms with van der Waals surface area (Å²) in [7, 11) is 0. The van der Waals surface area contributed by atoms with Gasteiger partial charge in [0.2, 0.25) is 0 Å². The van der Waals surface area contributed by atoms with Gasteiger partial charge in [0.25, 0.3) is 0 Å². The average Bonchev–Trinajstić information content (AvgIpc) is 3.17. The Balaban J connectivity index is 1.95. The number of nitrogens with two attached hydrogens (primary N) is 1. The number of ketones is 1. The van der Waals surface area contributed by atoms with E-state index in [9.17, 15) is 24.6 Å². The number of Topliss-reactive ketones (excluding diaryl/α,β-unsaturated/α-hetero) is 1. The summed E-state index contributed by atoms with van der Waals surface area (Å²) >= 11 is 0.921. The van der Waals surface area contributed by atoms with Crippen LogP contribution >= 0.6 is 11.3 Å². The zero-order chi connectivity index (χ0) is 20.7. The van der Waals surface area contributed by atoms with Crippen molar-refractivity contribution in [1.29, 1.82) is 5.26 Å². The highest BCUT2D eigenvalue weighted by Crippen LogP contribution is 2.48. The Kier molecular flexibility index (Phi) is 4.64. The highest BCUT2D eigenvalue weighted by molar-refractivity contribution is 7.15. The second-order valence-electron chi connectivity index (χ2n) is 6.73. The van der Waals surface area contributed by atoms with Crippen LogP contribution in [0, 0.1) is 27.3 Å². The van der Waals surface area contributed by atoms with Gasteiger partial charge in [-0.3, -0.25) is 19.8 Å². The van der Waals surface area contributed by atoms with E-state index in [-0.39, 0.29) is 22.2 Å². The average molecular weight is 410 g/mol. The molecule has 1 aliphatic carbocycles. The van der Waals surface area contributed by atoms with Crippen molar-refractivity contribution < 1.29 is 14.1 Å². The van der Waals surface area contributed by atoms with Gasteiger partial charge in [-0.2, -0.15) is 5.26 Å². The summed E-state index contributed by atoms with van der Waals surface area (Å²) in [5.41, 5.74) is 7.92. The Morgan fingerprint density at radius 3 is 2.76 bits per heavy atom. The van der Waals surface area contributed by atoms with Crippen LogP contribution in [-0.2, 0) is 4.79 Å². The number of thiophene rings is 1. The van der Waals surface area contributed by atoms with Gasteiger partial charge in [0, 0.05) is 28.6 Å². The Labute approximate surface area is 169 Å². The molecule has 0 fully saturated rings. The number of hydrogen-bond acceptors (Lipinski definition) is 7. The molecule has 2 aliphatic rings. The van der Waals surface area contributed by atoms with E-state index in [1.807, 2.05) is 0 Å². The summed E-state index contributed by atoms with van der Waals surface area (Å²) in [5, 5.41) is 20.9. The summed E-state index contributed by atoms with van der Waals surface area (Å²) in [6, 6.07) is 10.8. The fourth-order valence-corrected chi connectivity index (χ4v) is 4.82. The van der Waals surface area contributed by atoms with Crippen molar-refractivity contribution in [2.24, 2.45) is 5.73 Å². The maximum absolute atomic E-state index is 13.9. The van der Waals surface area contributed by atoms with Crippen LogP contribution in [-0.4, -0.2) is 10.7 Å². The third-order valence-electron chi connectivity index (χ3n) is 5.06. The molecule has 0 unspecified atom stereocenters. The van der Waals surface area contributed by atoms with Crippen molar-refractivity contribution in [3.63, 3.8) is 0 Å². The van der Waals surface area contributed by atoms with Crippen molar-refractivity contribution in [2.75, 3.05) is 4.90 Å². The topological polar surface area (TPSA) is 113 Å². The molecule has 146 valence electrons. The summed E-state index contributed by atoms with van der Waals surface area (Å²) < 4.78 is 13.9. The van der Waals surface area contributed by atoms with Crippen LogP contribution in [0.3, 0.4) is 0 Å². The quantitative estimate of drug-likeness (QED) is 0.602. The van der Waals surface area contributed by atoms with Crippen LogP contribution in [0.15, 0.2) is 59.1 Å². The number of nitriles is 1. The Morgan fingerprint density at radius 2 is 2.10 bits per heavy atom. The molecule has 2 aromatic rings. The monoisotopic (exact) mass is 410 g/mol. The van der Waals surface area contributed by atoms with Crippen molar-refractivity contribution in [2.45, 2.75) is 25.2 Å². The third-order valence-corrected chi connectivity index (χ3v) is 6.16. The van der Waals surface area contributed by atoms with Crippen LogP contribution in [0.2, 0.25) is 0 Å². The number of benzene rings is 1. The summed E-state index contributed by atoms with van der Waals surface area (Å²) in [5.74, 6) is -1.25. The molecule has 0 radical (unpaired) electrons. The van der Waals surface area contributed by atoms with E-state index in [2.05, 4.69) is 6.07 Å². The number of anilines is 1. The second kappa shape index (κ2) is 7.14. The molecule has 7 nitrogen and oxygen atoms in total. The van der Waals surface area contributed by atoms with Crippen LogP contribution in [0.5, 0.6) is 0 Å². The molecule has 0 bridgehead atoms. The lowest BCUT2D eigenvalue weighted by Gasteiger charge is -2.39. The molecule has 1 aromatic carbocycles. The minimum Gasteiger partial charge on any atom is -0.384 e. The lowest BCUT2D eigenvalue weighted by atomic mass is 9.78. The van der Waals surface area contributed by atoms with Crippen LogP contribution in [0.25, 0.3) is 0 Å². The van der Waals surface area contributed by atoms with E-state index in [0.717, 1.165) is 11.3 Å². The zero-order valence-electron chi connectivity index (χ0n) is 15.1. The number of nitro groups is 1. The normalized spacial score (nSPS) is 19.2. The van der Waals surface area contributed by atoms with Gasteiger partial charge in [-0.15, -0.1) is 0 Å². The molecule has 1 aliphatic heterocycles. The van der Waals surface area contributed by atoms with Gasteiger partial charge in [0.1, 0.15) is 11.6 Å². The highest BCUT2D eigenvalue weighted by atomic mass is 32.1. The number of rotatable bonds is 3. The first kappa shape index (κ1) is 18.8. The van der Waals surface area contributed by atoms with Crippen molar-refractivity contribution >= 4 is 27.8 Å². The van der Waals surface area contributed by atoms with E-state index in [1.54, 1.807) is 17.0 Å². The van der Waals surface area contributed by atoms with Gasteiger partial charge in [-0.25, -0.2) is 4.39 Å². The number of halogens is 1. The lowest BCUT2D eigenvalue weighted by molar-refractivity contribution is -0.380. The zero-order valence-corrected chi connectivity index (χ0v) is 15.9. The third kappa shape index (κ3) is 3.07. The Hall–Kier alpha value is -3.51. The van der Waals surface area contributed by atoms with Gasteiger partial charge in [-0.1, -0.05) is 17.4 Å². The Morgan fingerprint density at radius 1 is 1.31 bits per heavy atom. The molecule has 0 spiro atoms. The maximum Gasteiger partial charge on any atom is 0.324 e. The van der Waals surface area contributed by atoms with Gasteiger partial charge < -0.3 is 5.73 Å². The maximum atomic E-state index is 13.9. The fourth-order valence-electron chi connectivity index (χ4n) is 3.88. The molecule has 2 N–H and O–H groups in total. The summed E-state index contributed by atoms with van der Waals surface area (Å²) in [6.45, 7) is 0. The molecule has 9 heteroatoms. The standard InChI is InChI=1S/C20H15FN4O3S/c21-11-3-1-4-12(9-11)24-14-5-2-6-15(26)19(14)18(13(10-22)20(24)23)16-7-8-17(29-16)25(27)28/h1,3-4,7-9,18H,2,5-6,23H2/t18-/m1/s1. The predicted molar refractivity (Wildman–Crippen MR) is 105 cm³/mol. The minimum absolute atomic E-state index is 0.0752. The molecule has 0 saturated carbocycles. The number of carbonyl (C=O) groups is 1. The van der Waals surface area contributed by atoms with E-state index in [4.69, 9.17) is 5.73 Å². The molecule has 0 saturated heterocycles. The SMILES string of the molecule is N#CC1=C(N)N(c2cccc(F)c2)C2=C(C(=O)CCC2)[C@H]1c1ccc([N+](=O)[O-])s1. The van der Waals surface area contributed by atoms with Gasteiger partial charge in [0.05, 0.1) is 28.2 Å². The first-order valence-corrected chi connectivity index (χ1v) is 9.69. The fraction of sp³-hybridized carbons (Fsp3) is 0.200. The highest BCUT2D eigenvalue weighted by Gasteiger charge is 2.41. The minimum atomic E-state index is -0.758. The van der Waals surface area contributed by atoms with Gasteiger partial charge >= 0.3 is 5.00 Å². The largest absolute Gasteiger partial charge is 0.384 e. The number of allylic oxidation sites excluding steroid dienone is 3. The molecular weight excluding hydrogens is 395 g/mol. The van der Waals surface area contributed by atoms with Crippen LogP contribution < -0.4 is 10.6 Å². The van der Waals surface area contributed by atoms with Crippen molar-refractivity contribution in [1.82, 2.24) is 0 Å². The van der Waals surface area contributed by atoms with Gasteiger partial charge in [-0.05, 0) is 37.1 Å². The van der Waals surface area contributed by atoms with E-state index in [0.29, 0.717) is 41.1 Å². The molecule has 4 rings (SSSR count). The molecule has 2 heterocycles. The molecule has 29 heavy (non-hydrogen) atoms. The van der Waals surface area contributed by atoms with Gasteiger partial charge in [0.15, 0.2) is 5.78 Å². The molecule has 1 aromatic heterocycles. The molecular formula is C20H15FN4O3S. The molecule has 0 amide bonds. The van der Waals surface area contributed by atoms with E-state index in [1.165, 1.54) is 24.3 Å². The Bertz CT molecular complexity index is 1140. The van der Waals surface area contributed by atoms with Crippen LogP contribution in [0.1, 0.15) is 30.1 Å². The summed E-state index contributed by atoms with van der Waals surface area (Å²) in [6.07, 6.45) is 1.45. The lowest BCUT2D eigenvalue weighted by Crippen LogP contribution is -2.38. The second-order valence-corrected chi connectivity index (χ2v) is 7.82. The predicted octanol–water partition coefficient (Wildman–Crippen LogP) is 4.10. The number of nitrogens with zero attached hydrogens (tertiary/aromatic N) is 3. The van der Waals surface area contributed by atoms with Crippen molar-refractivity contribution in [3.05, 3.63) is 79.9 Å².